The number of aromatic amines is 1. The fourth-order valence-electron chi connectivity index (χ4n) is 4.70. The van der Waals surface area contributed by atoms with E-state index in [-0.39, 0.29) is 11.8 Å². The average molecular weight is 399 g/mol. The lowest BCUT2D eigenvalue weighted by molar-refractivity contribution is -0.119. The number of hydrogen-bond donors (Lipinski definition) is 2. The molecule has 0 radical (unpaired) electrons. The number of likely N-dealkylation sites (tertiary alicyclic amines) is 1. The van der Waals surface area contributed by atoms with Crippen LogP contribution in [0.2, 0.25) is 0 Å². The highest BCUT2D eigenvalue weighted by Gasteiger charge is 2.26. The molecule has 4 rings (SSSR count). The molecule has 0 spiro atoms. The predicted molar refractivity (Wildman–Crippen MR) is 113 cm³/mol. The van der Waals surface area contributed by atoms with Gasteiger partial charge in [0.1, 0.15) is 5.82 Å². The topological polar surface area (TPSA) is 78.8 Å². The lowest BCUT2D eigenvalue weighted by Gasteiger charge is -2.32. The van der Waals surface area contributed by atoms with Crippen LogP contribution in [-0.4, -0.2) is 43.9 Å². The quantitative estimate of drug-likeness (QED) is 0.744. The third-order valence-corrected chi connectivity index (χ3v) is 6.25. The van der Waals surface area contributed by atoms with Gasteiger partial charge in [-0.15, -0.1) is 0 Å². The maximum absolute atomic E-state index is 12.5. The van der Waals surface area contributed by atoms with Crippen molar-refractivity contribution in [2.45, 2.75) is 71.4 Å². The molecule has 7 nitrogen and oxygen atoms in total. The molecular formula is C22H34N6O. The summed E-state index contributed by atoms with van der Waals surface area (Å²) < 4.78 is 2.03. The van der Waals surface area contributed by atoms with Crippen LogP contribution in [0.5, 0.6) is 0 Å². The molecule has 2 aromatic heterocycles. The molecule has 1 saturated heterocycles. The maximum atomic E-state index is 12.5. The zero-order valence-electron chi connectivity index (χ0n) is 17.7. The summed E-state index contributed by atoms with van der Waals surface area (Å²) in [6.45, 7) is 7.41. The molecule has 3 heterocycles. The number of carbonyl (C=O) groups is 1. The van der Waals surface area contributed by atoms with Gasteiger partial charge in [-0.3, -0.25) is 14.8 Å². The Labute approximate surface area is 173 Å². The zero-order valence-corrected chi connectivity index (χ0v) is 17.7. The number of amides is 1. The van der Waals surface area contributed by atoms with Crippen molar-refractivity contribution in [2.24, 2.45) is 11.8 Å². The van der Waals surface area contributed by atoms with Crippen LogP contribution in [0.1, 0.15) is 69.8 Å². The van der Waals surface area contributed by atoms with Crippen molar-refractivity contribution >= 4 is 11.7 Å². The van der Waals surface area contributed by atoms with Gasteiger partial charge in [0.25, 0.3) is 0 Å². The van der Waals surface area contributed by atoms with Gasteiger partial charge in [-0.25, -0.2) is 4.68 Å². The minimum Gasteiger partial charge on any atom is -0.311 e. The van der Waals surface area contributed by atoms with E-state index in [1.165, 1.54) is 18.5 Å². The first kappa shape index (κ1) is 20.1. The second kappa shape index (κ2) is 9.11. The number of rotatable bonds is 7. The van der Waals surface area contributed by atoms with Gasteiger partial charge in [-0.2, -0.15) is 10.2 Å². The van der Waals surface area contributed by atoms with E-state index in [0.717, 1.165) is 63.3 Å². The fraction of sp³-hybridized carbons (Fsp3) is 0.682. The summed E-state index contributed by atoms with van der Waals surface area (Å²) in [4.78, 5) is 15.0. The summed E-state index contributed by atoms with van der Waals surface area (Å²) in [6.07, 6.45) is 9.29. The third kappa shape index (κ3) is 5.07. The van der Waals surface area contributed by atoms with E-state index in [9.17, 15) is 4.79 Å². The Morgan fingerprint density at radius 1 is 1.24 bits per heavy atom. The van der Waals surface area contributed by atoms with E-state index in [1.54, 1.807) is 6.20 Å². The van der Waals surface area contributed by atoms with Gasteiger partial charge in [-0.1, -0.05) is 26.7 Å². The number of nitrogens with one attached hydrogen (secondary N) is 2. The Hall–Kier alpha value is -2.15. The molecule has 2 aromatic rings. The van der Waals surface area contributed by atoms with Gasteiger partial charge >= 0.3 is 0 Å². The minimum atomic E-state index is 0.165. The lowest BCUT2D eigenvalue weighted by Crippen LogP contribution is -2.35. The van der Waals surface area contributed by atoms with E-state index in [4.69, 9.17) is 0 Å². The van der Waals surface area contributed by atoms with Crippen LogP contribution in [0.25, 0.3) is 0 Å². The van der Waals surface area contributed by atoms with Crippen LogP contribution >= 0.6 is 0 Å². The van der Waals surface area contributed by atoms with Crippen molar-refractivity contribution in [3.63, 3.8) is 0 Å². The number of anilines is 1. The Morgan fingerprint density at radius 3 is 2.72 bits per heavy atom. The summed E-state index contributed by atoms with van der Waals surface area (Å²) in [6, 6.07) is 4.48. The molecule has 0 atom stereocenters. The van der Waals surface area contributed by atoms with Crippen molar-refractivity contribution in [1.29, 1.82) is 0 Å². The highest BCUT2D eigenvalue weighted by molar-refractivity contribution is 5.91. The number of H-pyrrole nitrogens is 1. The van der Waals surface area contributed by atoms with Crippen LogP contribution in [0.4, 0.5) is 5.82 Å². The predicted octanol–water partition coefficient (Wildman–Crippen LogP) is 3.77. The van der Waals surface area contributed by atoms with Crippen molar-refractivity contribution in [3.8, 4) is 0 Å². The summed E-state index contributed by atoms with van der Waals surface area (Å²) in [7, 11) is 0. The molecule has 2 aliphatic rings. The minimum absolute atomic E-state index is 0.165. The molecule has 0 aromatic carbocycles. The van der Waals surface area contributed by atoms with Crippen molar-refractivity contribution < 1.29 is 4.79 Å². The summed E-state index contributed by atoms with van der Waals surface area (Å²) in [5.74, 6) is 1.82. The van der Waals surface area contributed by atoms with E-state index in [1.807, 2.05) is 10.7 Å². The van der Waals surface area contributed by atoms with E-state index < -0.39 is 0 Å². The van der Waals surface area contributed by atoms with Gasteiger partial charge in [0.05, 0.1) is 17.9 Å². The van der Waals surface area contributed by atoms with E-state index >= 15 is 0 Å². The number of carbonyl (C=O) groups excluding carboxylic acids is 1. The van der Waals surface area contributed by atoms with Gasteiger partial charge in [0.2, 0.25) is 5.91 Å². The molecule has 29 heavy (non-hydrogen) atoms. The smallest absolute Gasteiger partial charge is 0.228 e. The standard InChI is InChI=1S/C22H34N6O/c1-16(2)13-18-14-19(26-25-18)15-27-11-8-20(9-12-27)28-21(7-10-23-28)24-22(29)17-5-3-4-6-17/h7,10,14,16-17,20H,3-6,8-9,11-13,15H2,1-2H3,(H,24,29)(H,25,26). The van der Waals surface area contributed by atoms with Gasteiger partial charge in [0, 0.05) is 37.3 Å². The molecule has 2 fully saturated rings. The first-order valence-electron chi connectivity index (χ1n) is 11.2. The summed E-state index contributed by atoms with van der Waals surface area (Å²) >= 11 is 0. The molecule has 158 valence electrons. The summed E-state index contributed by atoms with van der Waals surface area (Å²) in [5, 5.41) is 15.3. The monoisotopic (exact) mass is 398 g/mol. The van der Waals surface area contributed by atoms with Crippen molar-refractivity contribution in [1.82, 2.24) is 24.9 Å². The van der Waals surface area contributed by atoms with E-state index in [0.29, 0.717) is 12.0 Å². The highest BCUT2D eigenvalue weighted by Crippen LogP contribution is 2.29. The van der Waals surface area contributed by atoms with Gasteiger partial charge in [0.15, 0.2) is 0 Å². The first-order chi connectivity index (χ1) is 14.1. The Kier molecular flexibility index (Phi) is 6.33. The number of piperidine rings is 1. The molecular weight excluding hydrogens is 364 g/mol. The number of aromatic nitrogens is 4. The molecule has 1 saturated carbocycles. The van der Waals surface area contributed by atoms with Gasteiger partial charge < -0.3 is 5.32 Å². The van der Waals surface area contributed by atoms with Crippen LogP contribution in [0.15, 0.2) is 18.3 Å². The fourth-order valence-corrected chi connectivity index (χ4v) is 4.70. The van der Waals surface area contributed by atoms with Crippen molar-refractivity contribution in [3.05, 3.63) is 29.7 Å². The van der Waals surface area contributed by atoms with Crippen LogP contribution < -0.4 is 5.32 Å². The molecule has 1 aliphatic heterocycles. The zero-order chi connectivity index (χ0) is 20.2. The number of nitrogens with zero attached hydrogens (tertiary/aromatic N) is 4. The van der Waals surface area contributed by atoms with Crippen LogP contribution in [-0.2, 0) is 17.8 Å². The largest absolute Gasteiger partial charge is 0.311 e. The molecule has 0 unspecified atom stereocenters. The average Bonchev–Trinajstić information content (AvgIpc) is 3.44. The molecule has 1 amide bonds. The normalized spacial score (nSPS) is 19.3. The third-order valence-electron chi connectivity index (χ3n) is 6.25. The first-order valence-corrected chi connectivity index (χ1v) is 11.2. The second-order valence-corrected chi connectivity index (χ2v) is 9.12. The Morgan fingerprint density at radius 2 is 2.00 bits per heavy atom. The highest BCUT2D eigenvalue weighted by atomic mass is 16.2. The summed E-state index contributed by atoms with van der Waals surface area (Å²) in [5.41, 5.74) is 2.35. The maximum Gasteiger partial charge on any atom is 0.228 e. The van der Waals surface area contributed by atoms with Crippen LogP contribution in [0.3, 0.4) is 0 Å². The molecule has 0 bridgehead atoms. The molecule has 7 heteroatoms. The Balaban J connectivity index is 1.29. The van der Waals surface area contributed by atoms with Crippen molar-refractivity contribution in [2.75, 3.05) is 18.4 Å². The number of hydrogen-bond acceptors (Lipinski definition) is 4. The van der Waals surface area contributed by atoms with Gasteiger partial charge in [-0.05, 0) is 44.1 Å². The second-order valence-electron chi connectivity index (χ2n) is 9.12. The molecule has 1 aliphatic carbocycles. The van der Waals surface area contributed by atoms with Crippen LogP contribution in [0, 0.1) is 11.8 Å². The SMILES string of the molecule is CC(C)Cc1cc(CN2CCC(n3nccc3NC(=O)C3CCCC3)CC2)[nH]n1. The molecule has 2 N–H and O–H groups in total. The lowest BCUT2D eigenvalue weighted by atomic mass is 10.0. The Bertz CT molecular complexity index is 796. The van der Waals surface area contributed by atoms with E-state index in [2.05, 4.69) is 45.4 Å².